The highest BCUT2D eigenvalue weighted by molar-refractivity contribution is 7.99. The van der Waals surface area contributed by atoms with E-state index in [1.165, 1.54) is 12.7 Å². The molecule has 21 heavy (non-hydrogen) atoms. The molecular weight excluding hydrogens is 286 g/mol. The van der Waals surface area contributed by atoms with Crippen LogP contribution in [0.2, 0.25) is 0 Å². The second-order valence-electron chi connectivity index (χ2n) is 5.00. The molecule has 0 aliphatic carbocycles. The van der Waals surface area contributed by atoms with Gasteiger partial charge in [0.1, 0.15) is 11.8 Å². The third kappa shape index (κ3) is 6.87. The number of hydrogen-bond acceptors (Lipinski definition) is 5. The summed E-state index contributed by atoms with van der Waals surface area (Å²) in [6, 6.07) is 5.72. The lowest BCUT2D eigenvalue weighted by Crippen LogP contribution is -2.32. The van der Waals surface area contributed by atoms with Crippen LogP contribution in [0.15, 0.2) is 18.2 Å². The first kappa shape index (κ1) is 17.9. The summed E-state index contributed by atoms with van der Waals surface area (Å²) in [7, 11) is 1.36. The number of rotatable bonds is 9. The fourth-order valence-electron chi connectivity index (χ4n) is 1.79. The van der Waals surface area contributed by atoms with Crippen LogP contribution in [0.3, 0.4) is 0 Å². The lowest BCUT2D eigenvalue weighted by molar-refractivity contribution is -0.142. The van der Waals surface area contributed by atoms with E-state index in [-0.39, 0.29) is 5.97 Å². The molecule has 0 saturated heterocycles. The van der Waals surface area contributed by atoms with Gasteiger partial charge in [-0.05, 0) is 55.4 Å². The van der Waals surface area contributed by atoms with Crippen LogP contribution in [0, 0.1) is 13.8 Å². The smallest absolute Gasteiger partial charge is 0.322 e. The van der Waals surface area contributed by atoms with E-state index in [9.17, 15) is 4.79 Å². The molecule has 1 atom stereocenters. The normalized spacial score (nSPS) is 12.0. The second kappa shape index (κ2) is 9.68. The average Bonchev–Trinajstić information content (AvgIpc) is 2.48. The summed E-state index contributed by atoms with van der Waals surface area (Å²) in [5.41, 5.74) is 8.04. The van der Waals surface area contributed by atoms with Gasteiger partial charge < -0.3 is 15.2 Å². The minimum Gasteiger partial charge on any atom is -0.493 e. The third-order valence-electron chi connectivity index (χ3n) is 3.11. The summed E-state index contributed by atoms with van der Waals surface area (Å²) in [6.45, 7) is 4.82. The Labute approximate surface area is 131 Å². The Kier molecular flexibility index (Phi) is 8.23. The van der Waals surface area contributed by atoms with Gasteiger partial charge in [-0.3, -0.25) is 4.79 Å². The van der Waals surface area contributed by atoms with Crippen molar-refractivity contribution in [1.82, 2.24) is 0 Å². The molecule has 4 nitrogen and oxygen atoms in total. The molecule has 1 aromatic carbocycles. The molecule has 0 aromatic heterocycles. The zero-order valence-corrected chi connectivity index (χ0v) is 13.9. The predicted molar refractivity (Wildman–Crippen MR) is 88.0 cm³/mol. The Hall–Kier alpha value is -1.20. The van der Waals surface area contributed by atoms with Gasteiger partial charge in [0.15, 0.2) is 0 Å². The predicted octanol–water partition coefficient (Wildman–Crippen LogP) is 2.70. The molecule has 0 fully saturated rings. The number of nitrogens with two attached hydrogens (primary N) is 1. The number of thioether (sulfide) groups is 1. The van der Waals surface area contributed by atoms with Gasteiger partial charge in [0.2, 0.25) is 0 Å². The second-order valence-corrected chi connectivity index (χ2v) is 6.23. The maximum absolute atomic E-state index is 11.1. The zero-order chi connectivity index (χ0) is 15.7. The van der Waals surface area contributed by atoms with Gasteiger partial charge in [-0.15, -0.1) is 0 Å². The maximum Gasteiger partial charge on any atom is 0.322 e. The molecule has 0 aliphatic heterocycles. The highest BCUT2D eigenvalue weighted by Crippen LogP contribution is 2.19. The standard InChI is InChI=1S/C16H25NO3S/c1-12-5-6-13(2)15(11-12)20-8-4-9-21-10-7-14(17)16(18)19-3/h5-6,11,14H,4,7-10,17H2,1-3H3. The number of esters is 1. The first-order valence-corrected chi connectivity index (χ1v) is 8.31. The van der Waals surface area contributed by atoms with Crippen LogP contribution in [-0.2, 0) is 9.53 Å². The van der Waals surface area contributed by atoms with Gasteiger partial charge >= 0.3 is 5.97 Å². The first-order chi connectivity index (χ1) is 10.0. The third-order valence-corrected chi connectivity index (χ3v) is 4.21. The summed E-state index contributed by atoms with van der Waals surface area (Å²) in [5.74, 6) is 2.49. The van der Waals surface area contributed by atoms with E-state index in [4.69, 9.17) is 10.5 Å². The van der Waals surface area contributed by atoms with Crippen LogP contribution in [0.1, 0.15) is 24.0 Å². The molecule has 0 saturated carbocycles. The SMILES string of the molecule is COC(=O)C(N)CCSCCCOc1cc(C)ccc1C. The number of hydrogen-bond donors (Lipinski definition) is 1. The number of ether oxygens (including phenoxy) is 2. The largest absolute Gasteiger partial charge is 0.493 e. The molecule has 5 heteroatoms. The summed E-state index contributed by atoms with van der Waals surface area (Å²) >= 11 is 1.78. The van der Waals surface area contributed by atoms with Gasteiger partial charge in [-0.2, -0.15) is 11.8 Å². The van der Waals surface area contributed by atoms with Crippen molar-refractivity contribution >= 4 is 17.7 Å². The monoisotopic (exact) mass is 311 g/mol. The molecular formula is C16H25NO3S. The Bertz CT molecular complexity index is 451. The van der Waals surface area contributed by atoms with E-state index < -0.39 is 6.04 Å². The van der Waals surface area contributed by atoms with Gasteiger partial charge in [-0.25, -0.2) is 0 Å². The van der Waals surface area contributed by atoms with Crippen molar-refractivity contribution in [3.63, 3.8) is 0 Å². The van der Waals surface area contributed by atoms with E-state index >= 15 is 0 Å². The molecule has 0 aliphatic rings. The topological polar surface area (TPSA) is 61.5 Å². The number of carbonyl (C=O) groups excluding carboxylic acids is 1. The van der Waals surface area contributed by atoms with Crippen LogP contribution in [-0.4, -0.2) is 37.2 Å². The Morgan fingerprint density at radius 3 is 2.81 bits per heavy atom. The van der Waals surface area contributed by atoms with Crippen molar-refractivity contribution in [3.8, 4) is 5.75 Å². The Morgan fingerprint density at radius 2 is 2.10 bits per heavy atom. The van der Waals surface area contributed by atoms with Crippen LogP contribution >= 0.6 is 11.8 Å². The Morgan fingerprint density at radius 1 is 1.33 bits per heavy atom. The fraction of sp³-hybridized carbons (Fsp3) is 0.562. The van der Waals surface area contributed by atoms with Crippen LogP contribution < -0.4 is 10.5 Å². The molecule has 0 spiro atoms. The summed E-state index contributed by atoms with van der Waals surface area (Å²) in [6.07, 6.45) is 1.63. The van der Waals surface area contributed by atoms with E-state index in [0.29, 0.717) is 13.0 Å². The van der Waals surface area contributed by atoms with Crippen LogP contribution in [0.4, 0.5) is 0 Å². The minimum atomic E-state index is -0.506. The number of benzene rings is 1. The number of carbonyl (C=O) groups is 1. The van der Waals surface area contributed by atoms with E-state index in [1.54, 1.807) is 11.8 Å². The first-order valence-electron chi connectivity index (χ1n) is 7.15. The van der Waals surface area contributed by atoms with Gasteiger partial charge in [-0.1, -0.05) is 12.1 Å². The highest BCUT2D eigenvalue weighted by Gasteiger charge is 2.12. The average molecular weight is 311 g/mol. The quantitative estimate of drug-likeness (QED) is 0.561. The number of aryl methyl sites for hydroxylation is 2. The highest BCUT2D eigenvalue weighted by atomic mass is 32.2. The number of methoxy groups -OCH3 is 1. The molecule has 118 valence electrons. The molecule has 0 bridgehead atoms. The molecule has 1 rings (SSSR count). The molecule has 0 heterocycles. The maximum atomic E-state index is 11.1. The molecule has 0 radical (unpaired) electrons. The molecule has 1 unspecified atom stereocenters. The summed E-state index contributed by atoms with van der Waals surface area (Å²) in [5, 5.41) is 0. The van der Waals surface area contributed by atoms with Crippen LogP contribution in [0.5, 0.6) is 5.75 Å². The van der Waals surface area contributed by atoms with Gasteiger partial charge in [0.25, 0.3) is 0 Å². The van der Waals surface area contributed by atoms with Crippen molar-refractivity contribution in [2.45, 2.75) is 32.7 Å². The molecule has 0 amide bonds. The van der Waals surface area contributed by atoms with Crippen molar-refractivity contribution < 1.29 is 14.3 Å². The van der Waals surface area contributed by atoms with Gasteiger partial charge in [0, 0.05) is 0 Å². The lowest BCUT2D eigenvalue weighted by Gasteiger charge is -2.10. The van der Waals surface area contributed by atoms with Crippen molar-refractivity contribution in [1.29, 1.82) is 0 Å². The lowest BCUT2D eigenvalue weighted by atomic mass is 10.1. The summed E-state index contributed by atoms with van der Waals surface area (Å²) in [4.78, 5) is 11.1. The molecule has 1 aromatic rings. The van der Waals surface area contributed by atoms with E-state index in [2.05, 4.69) is 36.8 Å². The van der Waals surface area contributed by atoms with Crippen molar-refractivity contribution in [2.75, 3.05) is 25.2 Å². The Balaban J connectivity index is 2.10. The van der Waals surface area contributed by atoms with Crippen LogP contribution in [0.25, 0.3) is 0 Å². The fourth-order valence-corrected chi connectivity index (χ4v) is 2.73. The minimum absolute atomic E-state index is 0.339. The van der Waals surface area contributed by atoms with E-state index in [0.717, 1.165) is 29.2 Å². The van der Waals surface area contributed by atoms with Crippen molar-refractivity contribution in [3.05, 3.63) is 29.3 Å². The molecule has 2 N–H and O–H groups in total. The van der Waals surface area contributed by atoms with E-state index in [1.807, 2.05) is 0 Å². The zero-order valence-electron chi connectivity index (χ0n) is 13.1. The van der Waals surface area contributed by atoms with Gasteiger partial charge in [0.05, 0.1) is 13.7 Å². The van der Waals surface area contributed by atoms with Crippen molar-refractivity contribution in [2.24, 2.45) is 5.73 Å². The summed E-state index contributed by atoms with van der Waals surface area (Å²) < 4.78 is 10.4.